The van der Waals surface area contributed by atoms with Crippen LogP contribution in [0.25, 0.3) is 16.9 Å². The second-order valence-electron chi connectivity index (χ2n) is 7.47. The summed E-state index contributed by atoms with van der Waals surface area (Å²) in [5, 5.41) is 6.36. The summed E-state index contributed by atoms with van der Waals surface area (Å²) in [4.78, 5) is 32.3. The average Bonchev–Trinajstić information content (AvgIpc) is 3.53. The van der Waals surface area contributed by atoms with E-state index in [1.165, 1.54) is 11.3 Å². The Balaban J connectivity index is 1.76. The first-order chi connectivity index (χ1) is 16.5. The monoisotopic (exact) mass is 494 g/mol. The number of ether oxygens (including phenoxy) is 1. The van der Waals surface area contributed by atoms with Gasteiger partial charge in [-0.15, -0.1) is 29.5 Å². The third kappa shape index (κ3) is 4.73. The van der Waals surface area contributed by atoms with Gasteiger partial charge < -0.3 is 4.74 Å². The molecule has 0 spiro atoms. The van der Waals surface area contributed by atoms with Gasteiger partial charge in [0.15, 0.2) is 5.65 Å². The van der Waals surface area contributed by atoms with Crippen molar-refractivity contribution in [1.82, 2.24) is 14.6 Å². The zero-order valence-electron chi connectivity index (χ0n) is 18.6. The Hall–Kier alpha value is -3.49. The molecule has 0 aliphatic carbocycles. The fraction of sp³-hybridized carbons (Fsp3) is 0.200. The predicted octanol–water partition coefficient (Wildman–Crippen LogP) is 5.76. The first-order valence-electron chi connectivity index (χ1n) is 10.7. The third-order valence-corrected chi connectivity index (χ3v) is 6.23. The normalized spacial score (nSPS) is 10.9. The van der Waals surface area contributed by atoms with Crippen molar-refractivity contribution in [3.8, 4) is 11.3 Å². The van der Waals surface area contributed by atoms with Crippen LogP contribution in [0.4, 0.5) is 10.5 Å². The van der Waals surface area contributed by atoms with E-state index in [-0.39, 0.29) is 18.3 Å². The molecule has 7 nitrogen and oxygen atoms in total. The molecular weight excluding hydrogens is 472 g/mol. The number of alkyl halides is 1. The van der Waals surface area contributed by atoms with E-state index in [9.17, 15) is 9.59 Å². The van der Waals surface area contributed by atoms with Gasteiger partial charge in [-0.2, -0.15) is 5.10 Å². The maximum Gasteiger partial charge on any atom is 0.414 e. The van der Waals surface area contributed by atoms with E-state index in [0.717, 1.165) is 16.8 Å². The van der Waals surface area contributed by atoms with E-state index in [0.29, 0.717) is 34.7 Å². The number of fused-ring (bicyclic) bond motifs is 1. The van der Waals surface area contributed by atoms with Crippen LogP contribution in [0.1, 0.15) is 27.2 Å². The lowest BCUT2D eigenvalue weighted by molar-refractivity contribution is 0.104. The lowest BCUT2D eigenvalue weighted by Gasteiger charge is -2.22. The van der Waals surface area contributed by atoms with Crippen LogP contribution < -0.4 is 4.90 Å². The van der Waals surface area contributed by atoms with Crippen molar-refractivity contribution >= 4 is 46.1 Å². The summed E-state index contributed by atoms with van der Waals surface area (Å²) >= 11 is 7.07. The number of hydrogen-bond acceptors (Lipinski definition) is 6. The van der Waals surface area contributed by atoms with Gasteiger partial charge in [-0.3, -0.25) is 9.69 Å². The minimum atomic E-state index is -0.473. The van der Waals surface area contributed by atoms with Crippen molar-refractivity contribution in [2.75, 3.05) is 23.9 Å². The molecular formula is C25H23ClN4O3S. The number of halogens is 1. The summed E-state index contributed by atoms with van der Waals surface area (Å²) < 4.78 is 6.94. The maximum atomic E-state index is 13.0. The molecule has 0 fully saturated rings. The molecule has 9 heteroatoms. The van der Waals surface area contributed by atoms with Crippen molar-refractivity contribution in [2.24, 2.45) is 0 Å². The standard InChI is InChI=1S/C25H23ClN4O3S/c1-3-4-11-29(25(32)33-12-10-26)19-8-5-7-18(14-19)22-17(2)15-27-24-20(16-28-30(22)24)23(31)21-9-6-13-34-21/h3,5-9,13-16H,1,4,10-12H2,2H3. The Bertz CT molecular complexity index is 1330. The molecule has 3 aromatic heterocycles. The Morgan fingerprint density at radius 3 is 2.85 bits per heavy atom. The molecule has 0 aliphatic heterocycles. The lowest BCUT2D eigenvalue weighted by Crippen LogP contribution is -2.32. The largest absolute Gasteiger partial charge is 0.448 e. The second-order valence-corrected chi connectivity index (χ2v) is 8.80. The van der Waals surface area contributed by atoms with Gasteiger partial charge in [0.25, 0.3) is 0 Å². The number of benzene rings is 1. The molecule has 0 saturated heterocycles. The third-order valence-electron chi connectivity index (χ3n) is 5.21. The van der Waals surface area contributed by atoms with Gasteiger partial charge in [0.05, 0.1) is 28.2 Å². The number of rotatable bonds is 9. The first-order valence-corrected chi connectivity index (χ1v) is 12.1. The van der Waals surface area contributed by atoms with Crippen LogP contribution in [-0.4, -0.2) is 45.5 Å². The zero-order valence-corrected chi connectivity index (χ0v) is 20.2. The van der Waals surface area contributed by atoms with Gasteiger partial charge in [-0.25, -0.2) is 14.3 Å². The highest BCUT2D eigenvalue weighted by Gasteiger charge is 2.21. The molecule has 4 rings (SSSR count). The van der Waals surface area contributed by atoms with Crippen LogP contribution in [0, 0.1) is 6.92 Å². The van der Waals surface area contributed by atoms with Gasteiger partial charge in [0.1, 0.15) is 6.61 Å². The number of anilines is 1. The maximum absolute atomic E-state index is 13.0. The van der Waals surface area contributed by atoms with Crippen LogP contribution in [0.5, 0.6) is 0 Å². The van der Waals surface area contributed by atoms with E-state index in [1.54, 1.807) is 34.0 Å². The molecule has 0 aliphatic rings. The number of hydrogen-bond donors (Lipinski definition) is 0. The molecule has 34 heavy (non-hydrogen) atoms. The van der Waals surface area contributed by atoms with Gasteiger partial charge in [0.2, 0.25) is 5.78 Å². The van der Waals surface area contributed by atoms with Crippen LogP contribution in [-0.2, 0) is 4.74 Å². The SMILES string of the molecule is C=CCCN(C(=O)OCCCl)c1cccc(-c2c(C)cnc3c(C(=O)c4cccs4)cnn23)c1. The number of ketones is 1. The van der Waals surface area contributed by atoms with Crippen LogP contribution in [0.15, 0.2) is 66.8 Å². The molecule has 4 aromatic rings. The van der Waals surface area contributed by atoms with E-state index >= 15 is 0 Å². The van der Waals surface area contributed by atoms with Crippen LogP contribution in [0.2, 0.25) is 0 Å². The second kappa shape index (κ2) is 10.6. The van der Waals surface area contributed by atoms with Crippen LogP contribution >= 0.6 is 22.9 Å². The molecule has 0 N–H and O–H groups in total. The quantitative estimate of drug-likeness (QED) is 0.168. The average molecular weight is 495 g/mol. The number of aryl methyl sites for hydroxylation is 1. The van der Waals surface area contributed by atoms with E-state index < -0.39 is 6.09 Å². The number of amides is 1. The zero-order chi connectivity index (χ0) is 24.1. The summed E-state index contributed by atoms with van der Waals surface area (Å²) in [5.74, 6) is 0.111. The number of thiophene rings is 1. The Kier molecular flexibility index (Phi) is 7.40. The summed E-state index contributed by atoms with van der Waals surface area (Å²) in [5.41, 5.74) is 4.09. The minimum Gasteiger partial charge on any atom is -0.448 e. The topological polar surface area (TPSA) is 76.8 Å². The molecule has 1 aromatic carbocycles. The summed E-state index contributed by atoms with van der Waals surface area (Å²) in [6.07, 6.45) is 5.16. The van der Waals surface area contributed by atoms with E-state index in [1.807, 2.05) is 42.6 Å². The Morgan fingerprint density at radius 1 is 1.26 bits per heavy atom. The fourth-order valence-electron chi connectivity index (χ4n) is 3.64. The highest BCUT2D eigenvalue weighted by molar-refractivity contribution is 7.12. The number of nitrogens with zero attached hydrogens (tertiary/aromatic N) is 4. The predicted molar refractivity (Wildman–Crippen MR) is 135 cm³/mol. The number of carbonyl (C=O) groups is 2. The van der Waals surface area contributed by atoms with Gasteiger partial charge in [-0.1, -0.05) is 24.3 Å². The smallest absolute Gasteiger partial charge is 0.414 e. The van der Waals surface area contributed by atoms with Gasteiger partial charge in [-0.05, 0) is 42.5 Å². The fourth-order valence-corrected chi connectivity index (χ4v) is 4.39. The molecule has 0 atom stereocenters. The highest BCUT2D eigenvalue weighted by Crippen LogP contribution is 2.29. The molecule has 3 heterocycles. The Labute approximate surface area is 206 Å². The van der Waals surface area contributed by atoms with E-state index in [2.05, 4.69) is 16.7 Å². The van der Waals surface area contributed by atoms with Gasteiger partial charge >= 0.3 is 6.09 Å². The highest BCUT2D eigenvalue weighted by atomic mass is 35.5. The van der Waals surface area contributed by atoms with Crippen molar-refractivity contribution < 1.29 is 14.3 Å². The lowest BCUT2D eigenvalue weighted by atomic mass is 10.1. The van der Waals surface area contributed by atoms with E-state index in [4.69, 9.17) is 16.3 Å². The Morgan fingerprint density at radius 2 is 2.12 bits per heavy atom. The van der Waals surface area contributed by atoms with Crippen molar-refractivity contribution in [1.29, 1.82) is 0 Å². The molecule has 0 radical (unpaired) electrons. The summed E-state index contributed by atoms with van der Waals surface area (Å²) in [6.45, 7) is 6.22. The molecule has 174 valence electrons. The number of carbonyl (C=O) groups excluding carboxylic acids is 2. The minimum absolute atomic E-state index is 0.112. The summed E-state index contributed by atoms with van der Waals surface area (Å²) in [6, 6.07) is 11.2. The van der Waals surface area contributed by atoms with Crippen LogP contribution in [0.3, 0.4) is 0 Å². The summed E-state index contributed by atoms with van der Waals surface area (Å²) in [7, 11) is 0. The first kappa shape index (κ1) is 23.7. The molecule has 0 bridgehead atoms. The molecule has 0 saturated carbocycles. The number of aromatic nitrogens is 3. The van der Waals surface area contributed by atoms with Crippen molar-refractivity contribution in [3.63, 3.8) is 0 Å². The van der Waals surface area contributed by atoms with Gasteiger partial charge in [0, 0.05) is 24.0 Å². The molecule has 1 amide bonds. The van der Waals surface area contributed by atoms with Crippen molar-refractivity contribution in [3.05, 3.63) is 82.8 Å². The van der Waals surface area contributed by atoms with Crippen molar-refractivity contribution in [2.45, 2.75) is 13.3 Å². The molecule has 0 unspecified atom stereocenters.